The molecule has 0 aliphatic carbocycles. The summed E-state index contributed by atoms with van der Waals surface area (Å²) in [5.74, 6) is 0. The molecule has 0 radical (unpaired) electrons. The number of nitrogens with zero attached hydrogens (tertiary/aromatic N) is 2. The zero-order valence-corrected chi connectivity index (χ0v) is 10.5. The Morgan fingerprint density at radius 3 is 2.72 bits per heavy atom. The van der Waals surface area contributed by atoms with Gasteiger partial charge in [-0.05, 0) is 48.7 Å². The SMILES string of the molecule is Cc1cccc2c1ccn2CCc1ccncc1. The van der Waals surface area contributed by atoms with Gasteiger partial charge in [0.1, 0.15) is 0 Å². The minimum Gasteiger partial charge on any atom is -0.347 e. The van der Waals surface area contributed by atoms with Gasteiger partial charge in [0.25, 0.3) is 0 Å². The van der Waals surface area contributed by atoms with Gasteiger partial charge >= 0.3 is 0 Å². The van der Waals surface area contributed by atoms with Gasteiger partial charge in [0, 0.05) is 36.0 Å². The summed E-state index contributed by atoms with van der Waals surface area (Å²) in [6.45, 7) is 3.17. The first-order chi connectivity index (χ1) is 8.84. The van der Waals surface area contributed by atoms with Crippen molar-refractivity contribution >= 4 is 10.9 Å². The Hall–Kier alpha value is -2.09. The molecule has 0 spiro atoms. The molecule has 0 fully saturated rings. The predicted molar refractivity (Wildman–Crippen MR) is 74.6 cm³/mol. The second-order valence-corrected chi connectivity index (χ2v) is 4.62. The van der Waals surface area contributed by atoms with Crippen LogP contribution in [0.5, 0.6) is 0 Å². The molecule has 1 aromatic carbocycles. The Kier molecular flexibility index (Phi) is 2.85. The Balaban J connectivity index is 1.85. The van der Waals surface area contributed by atoms with Gasteiger partial charge in [-0.1, -0.05) is 12.1 Å². The van der Waals surface area contributed by atoms with Crippen LogP contribution >= 0.6 is 0 Å². The Morgan fingerprint density at radius 1 is 1.06 bits per heavy atom. The van der Waals surface area contributed by atoms with Crippen LogP contribution in [0.2, 0.25) is 0 Å². The molecular weight excluding hydrogens is 220 g/mol. The van der Waals surface area contributed by atoms with Crippen LogP contribution in [0.25, 0.3) is 10.9 Å². The predicted octanol–water partition coefficient (Wildman–Crippen LogP) is 3.59. The smallest absolute Gasteiger partial charge is 0.0483 e. The lowest BCUT2D eigenvalue weighted by Gasteiger charge is -2.06. The fraction of sp³-hybridized carbons (Fsp3) is 0.188. The Bertz CT molecular complexity index is 653. The Labute approximate surface area is 107 Å². The number of hydrogen-bond donors (Lipinski definition) is 0. The topological polar surface area (TPSA) is 17.8 Å². The highest BCUT2D eigenvalue weighted by Gasteiger charge is 2.02. The molecule has 0 bridgehead atoms. The zero-order valence-electron chi connectivity index (χ0n) is 10.5. The quantitative estimate of drug-likeness (QED) is 0.679. The summed E-state index contributed by atoms with van der Waals surface area (Å²) in [5.41, 5.74) is 4.00. The van der Waals surface area contributed by atoms with Gasteiger partial charge in [-0.15, -0.1) is 0 Å². The number of rotatable bonds is 3. The van der Waals surface area contributed by atoms with Gasteiger partial charge < -0.3 is 4.57 Å². The van der Waals surface area contributed by atoms with Crippen molar-refractivity contribution in [2.75, 3.05) is 0 Å². The van der Waals surface area contributed by atoms with Crippen LogP contribution < -0.4 is 0 Å². The van der Waals surface area contributed by atoms with Gasteiger partial charge in [-0.3, -0.25) is 4.98 Å². The fourth-order valence-corrected chi connectivity index (χ4v) is 2.37. The number of fused-ring (bicyclic) bond motifs is 1. The molecule has 90 valence electrons. The first-order valence-corrected chi connectivity index (χ1v) is 6.28. The van der Waals surface area contributed by atoms with E-state index in [1.54, 1.807) is 0 Å². The van der Waals surface area contributed by atoms with Crippen LogP contribution in [0, 0.1) is 6.92 Å². The molecule has 0 N–H and O–H groups in total. The van der Waals surface area contributed by atoms with E-state index in [1.165, 1.54) is 22.0 Å². The molecule has 2 nitrogen and oxygen atoms in total. The molecule has 0 atom stereocenters. The molecule has 18 heavy (non-hydrogen) atoms. The maximum atomic E-state index is 4.05. The van der Waals surface area contributed by atoms with E-state index >= 15 is 0 Å². The summed E-state index contributed by atoms with van der Waals surface area (Å²) in [6.07, 6.45) is 6.93. The Morgan fingerprint density at radius 2 is 1.89 bits per heavy atom. The number of aromatic nitrogens is 2. The highest BCUT2D eigenvalue weighted by molar-refractivity contribution is 5.83. The van der Waals surface area contributed by atoms with Crippen LogP contribution in [-0.4, -0.2) is 9.55 Å². The van der Waals surface area contributed by atoms with Crippen molar-refractivity contribution in [3.05, 3.63) is 66.1 Å². The highest BCUT2D eigenvalue weighted by Crippen LogP contribution is 2.19. The van der Waals surface area contributed by atoms with Crippen molar-refractivity contribution in [3.63, 3.8) is 0 Å². The van der Waals surface area contributed by atoms with E-state index in [4.69, 9.17) is 0 Å². The van der Waals surface area contributed by atoms with E-state index in [-0.39, 0.29) is 0 Å². The van der Waals surface area contributed by atoms with Crippen molar-refractivity contribution in [2.24, 2.45) is 0 Å². The molecule has 3 rings (SSSR count). The van der Waals surface area contributed by atoms with Gasteiger partial charge in [0.2, 0.25) is 0 Å². The van der Waals surface area contributed by atoms with Crippen LogP contribution in [0.4, 0.5) is 0 Å². The molecule has 0 aliphatic rings. The zero-order chi connectivity index (χ0) is 12.4. The average molecular weight is 236 g/mol. The molecule has 0 unspecified atom stereocenters. The monoisotopic (exact) mass is 236 g/mol. The van der Waals surface area contributed by atoms with Crippen molar-refractivity contribution in [1.29, 1.82) is 0 Å². The normalized spacial score (nSPS) is 10.9. The third-order valence-corrected chi connectivity index (χ3v) is 3.42. The molecule has 0 aliphatic heterocycles. The average Bonchev–Trinajstić information content (AvgIpc) is 2.82. The number of hydrogen-bond acceptors (Lipinski definition) is 1. The lowest BCUT2D eigenvalue weighted by atomic mass is 10.1. The first kappa shape index (κ1) is 11.0. The molecule has 2 heterocycles. The second-order valence-electron chi connectivity index (χ2n) is 4.62. The summed E-state index contributed by atoms with van der Waals surface area (Å²) in [4.78, 5) is 4.05. The van der Waals surface area contributed by atoms with Crippen LogP contribution in [-0.2, 0) is 13.0 Å². The maximum absolute atomic E-state index is 4.05. The summed E-state index contributed by atoms with van der Waals surface area (Å²) in [7, 11) is 0. The molecule has 0 saturated heterocycles. The van der Waals surface area contributed by atoms with E-state index < -0.39 is 0 Å². The number of aryl methyl sites for hydroxylation is 3. The molecule has 3 aromatic rings. The first-order valence-electron chi connectivity index (χ1n) is 6.28. The molecule has 0 saturated carbocycles. The third kappa shape index (κ3) is 2.02. The summed E-state index contributed by atoms with van der Waals surface area (Å²) >= 11 is 0. The van der Waals surface area contributed by atoms with Crippen LogP contribution in [0.15, 0.2) is 55.0 Å². The number of pyridine rings is 1. The van der Waals surface area contributed by atoms with Gasteiger partial charge in [0.15, 0.2) is 0 Å². The van der Waals surface area contributed by atoms with Gasteiger partial charge in [0.05, 0.1) is 0 Å². The molecular formula is C16H16N2. The molecule has 0 amide bonds. The van der Waals surface area contributed by atoms with Gasteiger partial charge in [-0.2, -0.15) is 0 Å². The van der Waals surface area contributed by atoms with Crippen molar-refractivity contribution < 1.29 is 0 Å². The van der Waals surface area contributed by atoms with Crippen molar-refractivity contribution in [1.82, 2.24) is 9.55 Å². The minimum atomic E-state index is 1.01. The van der Waals surface area contributed by atoms with Crippen LogP contribution in [0.3, 0.4) is 0 Å². The minimum absolute atomic E-state index is 1.01. The lowest BCUT2D eigenvalue weighted by molar-refractivity contribution is 0.722. The standard InChI is InChI=1S/C16H16N2/c1-13-3-2-4-16-15(13)8-12-18(16)11-7-14-5-9-17-10-6-14/h2-6,8-10,12H,7,11H2,1H3. The number of benzene rings is 1. The largest absolute Gasteiger partial charge is 0.347 e. The van der Waals surface area contributed by atoms with Crippen molar-refractivity contribution in [2.45, 2.75) is 19.9 Å². The molecule has 2 aromatic heterocycles. The van der Waals surface area contributed by atoms with Gasteiger partial charge in [-0.25, -0.2) is 0 Å². The van der Waals surface area contributed by atoms with E-state index in [1.807, 2.05) is 12.4 Å². The fourth-order valence-electron chi connectivity index (χ4n) is 2.37. The summed E-state index contributed by atoms with van der Waals surface area (Å²) < 4.78 is 2.32. The van der Waals surface area contributed by atoms with E-state index in [0.717, 1.165) is 13.0 Å². The molecule has 2 heteroatoms. The summed E-state index contributed by atoms with van der Waals surface area (Å²) in [6, 6.07) is 12.8. The van der Waals surface area contributed by atoms with E-state index in [9.17, 15) is 0 Å². The third-order valence-electron chi connectivity index (χ3n) is 3.42. The van der Waals surface area contributed by atoms with Crippen LogP contribution in [0.1, 0.15) is 11.1 Å². The summed E-state index contributed by atoms with van der Waals surface area (Å²) in [5, 5.41) is 1.35. The maximum Gasteiger partial charge on any atom is 0.0483 e. The lowest BCUT2D eigenvalue weighted by Crippen LogP contribution is -1.99. The van der Waals surface area contributed by atoms with E-state index in [0.29, 0.717) is 0 Å². The van der Waals surface area contributed by atoms with E-state index in [2.05, 4.69) is 59.1 Å². The van der Waals surface area contributed by atoms with Crippen molar-refractivity contribution in [3.8, 4) is 0 Å². The second kappa shape index (κ2) is 4.65. The highest BCUT2D eigenvalue weighted by atomic mass is 14.9.